The third-order valence-corrected chi connectivity index (χ3v) is 3.40. The molecule has 0 fully saturated rings. The second-order valence-corrected chi connectivity index (χ2v) is 4.83. The second-order valence-electron chi connectivity index (χ2n) is 4.83. The maximum atomic E-state index is 12.9. The van der Waals surface area contributed by atoms with Crippen LogP contribution in [0, 0.1) is 11.7 Å². The Morgan fingerprint density at radius 3 is 2.53 bits per heavy atom. The van der Waals surface area contributed by atoms with Gasteiger partial charge in [-0.15, -0.1) is 0 Å². The van der Waals surface area contributed by atoms with Crippen molar-refractivity contribution in [2.45, 2.75) is 33.2 Å². The van der Waals surface area contributed by atoms with E-state index in [2.05, 4.69) is 18.7 Å². The summed E-state index contributed by atoms with van der Waals surface area (Å²) in [5, 5.41) is 9.74. The Morgan fingerprint density at radius 1 is 1.35 bits per heavy atom. The topological polar surface area (TPSA) is 23.5 Å². The molecular weight excluding hydrogens is 217 g/mol. The lowest BCUT2D eigenvalue weighted by molar-refractivity contribution is 0.220. The monoisotopic (exact) mass is 239 g/mol. The second kappa shape index (κ2) is 6.01. The summed E-state index contributed by atoms with van der Waals surface area (Å²) in [5.41, 5.74) is 0.775. The van der Waals surface area contributed by atoms with Gasteiger partial charge in [-0.3, -0.25) is 4.90 Å². The minimum absolute atomic E-state index is 0.0356. The fraction of sp³-hybridized carbons (Fsp3) is 0.571. The fourth-order valence-electron chi connectivity index (χ4n) is 1.89. The lowest BCUT2D eigenvalue weighted by Gasteiger charge is -2.28. The molecular formula is C14H22FNO. The Bertz CT molecular complexity index is 367. The van der Waals surface area contributed by atoms with E-state index in [1.165, 1.54) is 12.1 Å². The maximum absolute atomic E-state index is 12.9. The van der Waals surface area contributed by atoms with Crippen LogP contribution in [0.3, 0.4) is 0 Å². The van der Waals surface area contributed by atoms with Crippen LogP contribution in [0.1, 0.15) is 38.8 Å². The Kier molecular flexibility index (Phi) is 4.94. The number of phenolic OH excluding ortho intramolecular Hbond substituents is 1. The molecule has 1 aromatic carbocycles. The summed E-state index contributed by atoms with van der Waals surface area (Å²) in [6, 6.07) is 4.30. The molecule has 0 aliphatic rings. The number of rotatable bonds is 5. The van der Waals surface area contributed by atoms with Crippen LogP contribution in [0.2, 0.25) is 0 Å². The highest BCUT2D eigenvalue weighted by molar-refractivity contribution is 5.34. The molecule has 1 aromatic rings. The van der Waals surface area contributed by atoms with E-state index in [9.17, 15) is 9.50 Å². The van der Waals surface area contributed by atoms with Crippen LogP contribution in [0.15, 0.2) is 18.2 Å². The first kappa shape index (κ1) is 14.0. The van der Waals surface area contributed by atoms with Gasteiger partial charge in [-0.05, 0) is 26.0 Å². The molecule has 0 aliphatic carbocycles. The van der Waals surface area contributed by atoms with Crippen molar-refractivity contribution in [3.8, 4) is 5.75 Å². The molecule has 0 aromatic heterocycles. The van der Waals surface area contributed by atoms with E-state index < -0.39 is 5.82 Å². The Labute approximate surface area is 103 Å². The van der Waals surface area contributed by atoms with Gasteiger partial charge in [0.05, 0.1) is 0 Å². The summed E-state index contributed by atoms with van der Waals surface area (Å²) in [6.07, 6.45) is 1.13. The number of phenols is 1. The van der Waals surface area contributed by atoms with Crippen LogP contribution in [-0.2, 0) is 0 Å². The summed E-state index contributed by atoms with van der Waals surface area (Å²) in [4.78, 5) is 2.18. The Hall–Kier alpha value is -1.09. The highest BCUT2D eigenvalue weighted by Gasteiger charge is 2.17. The summed E-state index contributed by atoms with van der Waals surface area (Å²) in [7, 11) is 2.03. The van der Waals surface area contributed by atoms with Crippen molar-refractivity contribution in [3.63, 3.8) is 0 Å². The number of hydrogen-bond acceptors (Lipinski definition) is 2. The van der Waals surface area contributed by atoms with Gasteiger partial charge in [-0.25, -0.2) is 4.39 Å². The van der Waals surface area contributed by atoms with Gasteiger partial charge in [0.25, 0.3) is 0 Å². The molecule has 0 bridgehead atoms. The molecule has 0 aliphatic heterocycles. The molecule has 1 rings (SSSR count). The summed E-state index contributed by atoms with van der Waals surface area (Å²) < 4.78 is 12.9. The molecule has 0 radical (unpaired) electrons. The summed E-state index contributed by atoms with van der Waals surface area (Å²) >= 11 is 0. The van der Waals surface area contributed by atoms with Crippen LogP contribution >= 0.6 is 0 Å². The van der Waals surface area contributed by atoms with Gasteiger partial charge in [0.1, 0.15) is 11.6 Å². The predicted molar refractivity (Wildman–Crippen MR) is 68.6 cm³/mol. The SMILES string of the molecule is CCC(C)CN(C)C(C)c1ccc(F)cc1O. The zero-order chi connectivity index (χ0) is 13.0. The van der Waals surface area contributed by atoms with E-state index in [-0.39, 0.29) is 11.8 Å². The van der Waals surface area contributed by atoms with Gasteiger partial charge in [0.2, 0.25) is 0 Å². The molecule has 3 heteroatoms. The molecule has 0 heterocycles. The number of nitrogens with zero attached hydrogens (tertiary/aromatic N) is 1. The van der Waals surface area contributed by atoms with Gasteiger partial charge in [0.15, 0.2) is 0 Å². The average Bonchev–Trinajstić information content (AvgIpc) is 2.28. The van der Waals surface area contributed by atoms with Crippen molar-refractivity contribution in [2.24, 2.45) is 5.92 Å². The van der Waals surface area contributed by atoms with E-state index in [0.717, 1.165) is 18.5 Å². The van der Waals surface area contributed by atoms with E-state index in [1.54, 1.807) is 6.07 Å². The average molecular weight is 239 g/mol. The highest BCUT2D eigenvalue weighted by Crippen LogP contribution is 2.28. The van der Waals surface area contributed by atoms with Crippen molar-refractivity contribution in [2.75, 3.05) is 13.6 Å². The van der Waals surface area contributed by atoms with E-state index in [1.807, 2.05) is 14.0 Å². The fourth-order valence-corrected chi connectivity index (χ4v) is 1.89. The van der Waals surface area contributed by atoms with Gasteiger partial charge >= 0.3 is 0 Å². The lowest BCUT2D eigenvalue weighted by atomic mass is 10.0. The van der Waals surface area contributed by atoms with Gasteiger partial charge in [-0.1, -0.05) is 26.3 Å². The summed E-state index contributed by atoms with van der Waals surface area (Å²) in [5.74, 6) is 0.251. The van der Waals surface area contributed by atoms with Crippen molar-refractivity contribution in [1.82, 2.24) is 4.90 Å². The van der Waals surface area contributed by atoms with Crippen LogP contribution in [0.25, 0.3) is 0 Å². The van der Waals surface area contributed by atoms with Gasteiger partial charge < -0.3 is 5.11 Å². The highest BCUT2D eigenvalue weighted by atomic mass is 19.1. The minimum atomic E-state index is -0.400. The van der Waals surface area contributed by atoms with Crippen LogP contribution in [0.5, 0.6) is 5.75 Å². The Morgan fingerprint density at radius 2 is 2.00 bits per heavy atom. The molecule has 1 N–H and O–H groups in total. The number of benzene rings is 1. The van der Waals surface area contributed by atoms with Crippen molar-refractivity contribution in [3.05, 3.63) is 29.6 Å². The third kappa shape index (κ3) is 3.70. The molecule has 0 amide bonds. The molecule has 2 unspecified atom stereocenters. The zero-order valence-electron chi connectivity index (χ0n) is 11.1. The first-order valence-corrected chi connectivity index (χ1v) is 6.14. The van der Waals surface area contributed by atoms with Gasteiger partial charge in [0, 0.05) is 24.2 Å². The molecule has 96 valence electrons. The van der Waals surface area contributed by atoms with Crippen molar-refractivity contribution in [1.29, 1.82) is 0 Å². The molecule has 17 heavy (non-hydrogen) atoms. The van der Waals surface area contributed by atoms with E-state index in [4.69, 9.17) is 0 Å². The predicted octanol–water partition coefficient (Wildman–Crippen LogP) is 3.57. The molecule has 0 spiro atoms. The number of aromatic hydroxyl groups is 1. The van der Waals surface area contributed by atoms with Crippen LogP contribution in [0.4, 0.5) is 4.39 Å². The quantitative estimate of drug-likeness (QED) is 0.849. The third-order valence-electron chi connectivity index (χ3n) is 3.40. The molecule has 0 saturated carbocycles. The summed E-state index contributed by atoms with van der Waals surface area (Å²) in [6.45, 7) is 7.36. The molecule has 0 saturated heterocycles. The first-order valence-electron chi connectivity index (χ1n) is 6.14. The Balaban J connectivity index is 2.77. The standard InChI is InChI=1S/C14H22FNO/c1-5-10(2)9-16(4)11(3)13-7-6-12(15)8-14(13)17/h6-8,10-11,17H,5,9H2,1-4H3. The van der Waals surface area contributed by atoms with Gasteiger partial charge in [-0.2, -0.15) is 0 Å². The zero-order valence-corrected chi connectivity index (χ0v) is 11.1. The smallest absolute Gasteiger partial charge is 0.126 e. The van der Waals surface area contributed by atoms with E-state index in [0.29, 0.717) is 5.92 Å². The van der Waals surface area contributed by atoms with Crippen LogP contribution in [-0.4, -0.2) is 23.6 Å². The number of hydrogen-bond donors (Lipinski definition) is 1. The van der Waals surface area contributed by atoms with Crippen LogP contribution < -0.4 is 0 Å². The van der Waals surface area contributed by atoms with E-state index >= 15 is 0 Å². The first-order chi connectivity index (χ1) is 7.95. The number of halogens is 1. The largest absolute Gasteiger partial charge is 0.508 e. The minimum Gasteiger partial charge on any atom is -0.508 e. The molecule has 2 nitrogen and oxygen atoms in total. The maximum Gasteiger partial charge on any atom is 0.126 e. The lowest BCUT2D eigenvalue weighted by Crippen LogP contribution is -2.27. The molecule has 2 atom stereocenters. The van der Waals surface area contributed by atoms with Crippen molar-refractivity contribution >= 4 is 0 Å². The van der Waals surface area contributed by atoms with Crippen molar-refractivity contribution < 1.29 is 9.50 Å². The normalized spacial score (nSPS) is 14.9.